The first-order valence-corrected chi connectivity index (χ1v) is 26.6. The fraction of sp³-hybridized carbons (Fsp3) is 0.178. The van der Waals surface area contributed by atoms with E-state index in [1.54, 1.807) is 0 Å². The summed E-state index contributed by atoms with van der Waals surface area (Å²) in [4.78, 5) is 2.60. The van der Waals surface area contributed by atoms with Crippen molar-refractivity contribution < 1.29 is 0 Å². The zero-order valence-electron chi connectivity index (χ0n) is 44.0. The van der Waals surface area contributed by atoms with Crippen molar-refractivity contribution in [2.45, 2.75) is 82.5 Å². The number of nitrogens with zero attached hydrogens (tertiary/aromatic N) is 1. The Morgan fingerprint density at radius 3 is 1.30 bits per heavy atom. The first kappa shape index (κ1) is 45.8. The van der Waals surface area contributed by atoms with Crippen molar-refractivity contribution >= 4 is 17.1 Å². The van der Waals surface area contributed by atoms with Crippen LogP contribution < -0.4 is 4.90 Å². The highest BCUT2D eigenvalue weighted by atomic mass is 15.1. The molecule has 0 spiro atoms. The molecule has 0 amide bonds. The number of hydrogen-bond donors (Lipinski definition) is 0. The van der Waals surface area contributed by atoms with Gasteiger partial charge in [-0.2, -0.15) is 0 Å². The maximum Gasteiger partial charge on any atom is 0.0714 e. The Morgan fingerprint density at radius 2 is 0.716 bits per heavy atom. The first-order valence-electron chi connectivity index (χ1n) is 26.6. The van der Waals surface area contributed by atoms with E-state index in [0.29, 0.717) is 0 Å². The van der Waals surface area contributed by atoms with Crippen LogP contribution in [0, 0.1) is 0 Å². The van der Waals surface area contributed by atoms with Gasteiger partial charge in [-0.15, -0.1) is 0 Å². The number of rotatable bonds is 7. The van der Waals surface area contributed by atoms with E-state index in [1.165, 1.54) is 100 Å². The van der Waals surface area contributed by atoms with Crippen LogP contribution in [-0.4, -0.2) is 0 Å². The lowest BCUT2D eigenvalue weighted by atomic mass is 9.66. The number of hydrogen-bond acceptors (Lipinski definition) is 1. The molecule has 0 aliphatic heterocycles. The third-order valence-corrected chi connectivity index (χ3v) is 17.4. The van der Waals surface area contributed by atoms with Gasteiger partial charge in [-0.1, -0.05) is 248 Å². The topological polar surface area (TPSA) is 3.24 Å². The molecule has 0 bridgehead atoms. The van der Waals surface area contributed by atoms with Crippen molar-refractivity contribution in [2.24, 2.45) is 0 Å². The van der Waals surface area contributed by atoms with Crippen molar-refractivity contribution in [1.29, 1.82) is 0 Å². The molecular weight excluding hydrogens is 891 g/mol. The van der Waals surface area contributed by atoms with Crippen molar-refractivity contribution in [3.05, 3.63) is 303 Å². The molecular formula is C73H63N. The lowest BCUT2D eigenvalue weighted by molar-refractivity contribution is 0.585. The SMILES string of the molecule is CC(C)(C)c1cccc(C2(c3cccc(C(C)(C)C)c3)c3ccccc3-c3c(N(c4ccc5c(c4)-c4ccccc4C5(C)c4ccccc4)c4ccc5c(c4)C(C)(c4ccccc4)c4ccccc4-5)cccc32)c1. The highest BCUT2D eigenvalue weighted by Gasteiger charge is 2.49. The maximum atomic E-state index is 2.60. The fourth-order valence-electron chi connectivity index (χ4n) is 13.6. The minimum atomic E-state index is -0.615. The van der Waals surface area contributed by atoms with Crippen LogP contribution in [-0.2, 0) is 27.1 Å². The molecule has 3 aliphatic rings. The largest absolute Gasteiger partial charge is 0.310 e. The van der Waals surface area contributed by atoms with Gasteiger partial charge in [0.05, 0.1) is 11.1 Å². The summed E-state index contributed by atoms with van der Waals surface area (Å²) >= 11 is 0. The molecule has 0 N–H and O–H groups in total. The summed E-state index contributed by atoms with van der Waals surface area (Å²) < 4.78 is 0. The quantitative estimate of drug-likeness (QED) is 0.154. The molecule has 74 heavy (non-hydrogen) atoms. The zero-order chi connectivity index (χ0) is 50.8. The Labute approximate surface area is 438 Å². The summed E-state index contributed by atoms with van der Waals surface area (Å²) in [5, 5.41) is 0. The van der Waals surface area contributed by atoms with Crippen molar-refractivity contribution in [3.8, 4) is 33.4 Å². The van der Waals surface area contributed by atoms with Gasteiger partial charge >= 0.3 is 0 Å². The monoisotopic (exact) mass is 953 g/mol. The number of fused-ring (bicyclic) bond motifs is 9. The molecule has 0 heterocycles. The molecule has 10 aromatic rings. The van der Waals surface area contributed by atoms with Gasteiger partial charge in [0.25, 0.3) is 0 Å². The minimum Gasteiger partial charge on any atom is -0.310 e. The second-order valence-corrected chi connectivity index (χ2v) is 23.5. The van der Waals surface area contributed by atoms with Gasteiger partial charge in [-0.25, -0.2) is 0 Å². The summed E-state index contributed by atoms with van der Waals surface area (Å²) in [6, 6.07) is 90.4. The highest BCUT2D eigenvalue weighted by Crippen LogP contribution is 2.62. The molecule has 360 valence electrons. The fourth-order valence-corrected chi connectivity index (χ4v) is 13.6. The Kier molecular flexibility index (Phi) is 10.2. The lowest BCUT2D eigenvalue weighted by Crippen LogP contribution is -2.30. The van der Waals surface area contributed by atoms with Gasteiger partial charge in [-0.3, -0.25) is 0 Å². The first-order chi connectivity index (χ1) is 35.7. The second-order valence-electron chi connectivity index (χ2n) is 23.5. The molecule has 2 unspecified atom stereocenters. The van der Waals surface area contributed by atoms with E-state index in [1.807, 2.05) is 0 Å². The molecule has 3 aliphatic carbocycles. The van der Waals surface area contributed by atoms with Crippen LogP contribution in [0.1, 0.15) is 122 Å². The van der Waals surface area contributed by atoms with Gasteiger partial charge < -0.3 is 4.90 Å². The van der Waals surface area contributed by atoms with E-state index < -0.39 is 5.41 Å². The van der Waals surface area contributed by atoms with Crippen molar-refractivity contribution in [1.82, 2.24) is 0 Å². The smallest absolute Gasteiger partial charge is 0.0714 e. The van der Waals surface area contributed by atoms with Gasteiger partial charge in [0.2, 0.25) is 0 Å². The zero-order valence-corrected chi connectivity index (χ0v) is 44.0. The molecule has 0 aromatic heterocycles. The maximum absolute atomic E-state index is 2.60. The predicted octanol–water partition coefficient (Wildman–Crippen LogP) is 18.8. The summed E-state index contributed by atoms with van der Waals surface area (Å²) in [7, 11) is 0. The van der Waals surface area contributed by atoms with Gasteiger partial charge in [0.1, 0.15) is 0 Å². The highest BCUT2D eigenvalue weighted by molar-refractivity contribution is 5.99. The van der Waals surface area contributed by atoms with Crippen molar-refractivity contribution in [3.63, 3.8) is 0 Å². The second kappa shape index (κ2) is 16.5. The predicted molar refractivity (Wildman–Crippen MR) is 311 cm³/mol. The summed E-state index contributed by atoms with van der Waals surface area (Å²) in [5.41, 5.74) is 25.4. The Bertz CT molecular complexity index is 3790. The van der Waals surface area contributed by atoms with Crippen LogP contribution in [0.15, 0.2) is 237 Å². The molecule has 0 saturated heterocycles. The van der Waals surface area contributed by atoms with E-state index in [-0.39, 0.29) is 21.7 Å². The third-order valence-electron chi connectivity index (χ3n) is 17.4. The van der Waals surface area contributed by atoms with E-state index in [2.05, 4.69) is 297 Å². The summed E-state index contributed by atoms with van der Waals surface area (Å²) in [6.07, 6.45) is 0. The number of anilines is 3. The lowest BCUT2D eigenvalue weighted by Gasteiger charge is -2.36. The molecule has 1 heteroatoms. The molecule has 0 radical (unpaired) electrons. The minimum absolute atomic E-state index is 0.0473. The van der Waals surface area contributed by atoms with Gasteiger partial charge in [-0.05, 0) is 150 Å². The molecule has 1 nitrogen and oxygen atoms in total. The van der Waals surface area contributed by atoms with Gasteiger partial charge in [0.15, 0.2) is 0 Å². The van der Waals surface area contributed by atoms with Gasteiger partial charge in [0, 0.05) is 27.8 Å². The third kappa shape index (κ3) is 6.55. The van der Waals surface area contributed by atoms with E-state index >= 15 is 0 Å². The van der Waals surface area contributed by atoms with Crippen LogP contribution >= 0.6 is 0 Å². The van der Waals surface area contributed by atoms with E-state index in [9.17, 15) is 0 Å². The van der Waals surface area contributed by atoms with Crippen LogP contribution in [0.25, 0.3) is 33.4 Å². The molecule has 2 atom stereocenters. The molecule has 13 rings (SSSR count). The normalized spacial score (nSPS) is 17.7. The van der Waals surface area contributed by atoms with Crippen LogP contribution in [0.5, 0.6) is 0 Å². The van der Waals surface area contributed by atoms with Crippen LogP contribution in [0.2, 0.25) is 0 Å². The van der Waals surface area contributed by atoms with Crippen molar-refractivity contribution in [2.75, 3.05) is 4.90 Å². The summed E-state index contributed by atoms with van der Waals surface area (Å²) in [6.45, 7) is 18.8. The average Bonchev–Trinajstić information content (AvgIpc) is 4.01. The molecule has 0 saturated carbocycles. The Balaban J connectivity index is 1.12. The molecule has 0 fully saturated rings. The van der Waals surface area contributed by atoms with Crippen LogP contribution in [0.4, 0.5) is 17.1 Å². The average molecular weight is 954 g/mol. The molecule has 10 aromatic carbocycles. The van der Waals surface area contributed by atoms with E-state index in [4.69, 9.17) is 0 Å². The number of benzene rings is 10. The summed E-state index contributed by atoms with van der Waals surface area (Å²) in [5.74, 6) is 0. The Morgan fingerprint density at radius 1 is 0.297 bits per heavy atom. The van der Waals surface area contributed by atoms with E-state index in [0.717, 1.165) is 17.1 Å². The Hall–Kier alpha value is -8.00. The van der Waals surface area contributed by atoms with Crippen LogP contribution in [0.3, 0.4) is 0 Å². The standard InChI is InChI=1S/C73H63N/c1-69(2,3)50-28-21-30-52(44-50)73(53-31-22-29-51(45-53)70(4,5)6)64-37-20-17-34-59(64)68-65(73)38-23-39-67(68)74(54-41-43-63-60(46-54)57-33-16-19-36-62(57)71(63,7)48-24-11-9-12-25-48)55-40-42-58-56-32-15-18-35-61(56)72(8,66(58)47-55)49-26-13-10-14-27-49/h9-47H,1-8H3.